The van der Waals surface area contributed by atoms with Crippen molar-refractivity contribution in [3.05, 3.63) is 23.8 Å². The maximum Gasteiger partial charge on any atom is 0.499 e. The van der Waals surface area contributed by atoms with Gasteiger partial charge in [-0.25, -0.2) is 0 Å². The van der Waals surface area contributed by atoms with E-state index in [0.717, 1.165) is 20.5 Å². The van der Waals surface area contributed by atoms with Gasteiger partial charge in [-0.05, 0) is 30.0 Å². The predicted molar refractivity (Wildman–Crippen MR) is 63.6 cm³/mol. The van der Waals surface area contributed by atoms with E-state index >= 15 is 0 Å². The predicted octanol–water partition coefficient (Wildman–Crippen LogP) is 1.18. The maximum absolute atomic E-state index is 9.12. The Bertz CT molecular complexity index is 479. The van der Waals surface area contributed by atoms with Crippen LogP contribution >= 0.6 is 24.0 Å². The van der Waals surface area contributed by atoms with Gasteiger partial charge in [0.2, 0.25) is 0 Å². The Labute approximate surface area is 91.8 Å². The molecule has 2 rings (SSSR count). The molecular formula is C9H9BO2S2. The fraction of sp³-hybridized carbons (Fsp3) is 0.111. The monoisotopic (exact) mass is 224 g/mol. The number of benzene rings is 1. The third kappa shape index (κ3) is 1.57. The summed E-state index contributed by atoms with van der Waals surface area (Å²) in [4.78, 5) is 0.887. The van der Waals surface area contributed by atoms with Gasteiger partial charge < -0.3 is 10.0 Å². The molecule has 0 spiro atoms. The third-order valence-corrected chi connectivity index (χ3v) is 3.77. The van der Waals surface area contributed by atoms with Crippen LogP contribution in [0.15, 0.2) is 23.1 Å². The first kappa shape index (κ1) is 10.0. The zero-order valence-electron chi connectivity index (χ0n) is 7.56. The number of hydrogen-bond donors (Lipinski definition) is 3. The van der Waals surface area contributed by atoms with E-state index in [1.807, 2.05) is 25.1 Å². The van der Waals surface area contributed by atoms with Crippen molar-refractivity contribution in [3.63, 3.8) is 0 Å². The molecule has 0 saturated carbocycles. The summed E-state index contributed by atoms with van der Waals surface area (Å²) in [6.45, 7) is 1.89. The molecule has 0 aliphatic carbocycles. The lowest BCUT2D eigenvalue weighted by Gasteiger charge is -1.95. The van der Waals surface area contributed by atoms with Crippen molar-refractivity contribution in [2.75, 3.05) is 0 Å². The van der Waals surface area contributed by atoms with E-state index in [1.54, 1.807) is 0 Å². The second kappa shape index (κ2) is 3.58. The minimum absolute atomic E-state index is 0.610. The Hall–Kier alpha value is -0.485. The average molecular weight is 224 g/mol. The van der Waals surface area contributed by atoms with E-state index in [0.29, 0.717) is 4.78 Å². The van der Waals surface area contributed by atoms with Crippen molar-refractivity contribution < 1.29 is 10.0 Å². The fourth-order valence-corrected chi connectivity index (χ4v) is 2.89. The molecule has 0 saturated heterocycles. The van der Waals surface area contributed by atoms with Crippen LogP contribution < -0.4 is 4.78 Å². The number of fused-ring (bicyclic) bond motifs is 1. The van der Waals surface area contributed by atoms with E-state index in [9.17, 15) is 0 Å². The quantitative estimate of drug-likeness (QED) is 0.502. The number of rotatable bonds is 1. The van der Waals surface area contributed by atoms with Gasteiger partial charge in [-0.15, -0.1) is 24.0 Å². The van der Waals surface area contributed by atoms with E-state index in [1.165, 1.54) is 11.3 Å². The second-order valence-corrected chi connectivity index (χ2v) is 4.75. The molecule has 5 heteroatoms. The van der Waals surface area contributed by atoms with Crippen molar-refractivity contribution in [1.82, 2.24) is 0 Å². The lowest BCUT2D eigenvalue weighted by atomic mass is 9.86. The lowest BCUT2D eigenvalue weighted by Crippen LogP contribution is -2.28. The number of thiophene rings is 1. The normalized spacial score (nSPS) is 10.9. The summed E-state index contributed by atoms with van der Waals surface area (Å²) in [5.74, 6) is 0. The van der Waals surface area contributed by atoms with Crippen molar-refractivity contribution >= 4 is 45.9 Å². The molecule has 1 aromatic heterocycles. The Morgan fingerprint density at radius 2 is 2.07 bits per heavy atom. The molecule has 72 valence electrons. The van der Waals surface area contributed by atoms with Gasteiger partial charge in [-0.3, -0.25) is 0 Å². The van der Waals surface area contributed by atoms with Crippen LogP contribution in [-0.2, 0) is 0 Å². The molecule has 2 aromatic rings. The maximum atomic E-state index is 9.12. The first-order valence-electron chi connectivity index (χ1n) is 4.17. The summed E-state index contributed by atoms with van der Waals surface area (Å²) in [6.07, 6.45) is 0. The van der Waals surface area contributed by atoms with Crippen LogP contribution in [0, 0.1) is 6.92 Å². The Kier molecular flexibility index (Phi) is 2.57. The van der Waals surface area contributed by atoms with Crippen LogP contribution in [0.5, 0.6) is 0 Å². The molecule has 0 radical (unpaired) electrons. The Morgan fingerprint density at radius 1 is 1.36 bits per heavy atom. The largest absolute Gasteiger partial charge is 0.499 e. The summed E-state index contributed by atoms with van der Waals surface area (Å²) in [6, 6.07) is 5.79. The molecule has 1 heterocycles. The van der Waals surface area contributed by atoms with E-state index in [2.05, 4.69) is 12.6 Å². The summed E-state index contributed by atoms with van der Waals surface area (Å²) >= 11 is 5.63. The molecule has 1 aromatic carbocycles. The molecule has 0 aliphatic rings. The fourth-order valence-electron chi connectivity index (χ4n) is 1.48. The van der Waals surface area contributed by atoms with Gasteiger partial charge in [0.25, 0.3) is 0 Å². The highest BCUT2D eigenvalue weighted by Crippen LogP contribution is 2.26. The van der Waals surface area contributed by atoms with Gasteiger partial charge in [0, 0.05) is 14.4 Å². The molecule has 0 atom stereocenters. The van der Waals surface area contributed by atoms with E-state index in [4.69, 9.17) is 10.0 Å². The van der Waals surface area contributed by atoms with Crippen LogP contribution in [0.4, 0.5) is 0 Å². The zero-order valence-corrected chi connectivity index (χ0v) is 9.27. The Morgan fingerprint density at radius 3 is 2.71 bits per heavy atom. The SMILES string of the molecule is Cc1c(B(O)O)sc2cc(S)ccc12. The Balaban J connectivity index is 2.73. The highest BCUT2D eigenvalue weighted by Gasteiger charge is 2.18. The minimum Gasteiger partial charge on any atom is -0.423 e. The van der Waals surface area contributed by atoms with Crippen LogP contribution in [0.25, 0.3) is 10.1 Å². The summed E-state index contributed by atoms with van der Waals surface area (Å²) < 4.78 is 1.65. The molecule has 2 N–H and O–H groups in total. The van der Waals surface area contributed by atoms with Crippen molar-refractivity contribution in [2.24, 2.45) is 0 Å². The molecule has 0 aliphatic heterocycles. The molecule has 14 heavy (non-hydrogen) atoms. The molecule has 0 unspecified atom stereocenters. The van der Waals surface area contributed by atoms with Crippen LogP contribution in [-0.4, -0.2) is 17.2 Å². The van der Waals surface area contributed by atoms with E-state index in [-0.39, 0.29) is 0 Å². The highest BCUT2D eigenvalue weighted by atomic mass is 32.1. The average Bonchev–Trinajstić information content (AvgIpc) is 2.43. The van der Waals surface area contributed by atoms with E-state index < -0.39 is 7.12 Å². The van der Waals surface area contributed by atoms with Gasteiger partial charge >= 0.3 is 7.12 Å². The van der Waals surface area contributed by atoms with Crippen molar-refractivity contribution in [2.45, 2.75) is 11.8 Å². The first-order chi connectivity index (χ1) is 6.59. The third-order valence-electron chi connectivity index (χ3n) is 2.19. The van der Waals surface area contributed by atoms with Crippen molar-refractivity contribution in [1.29, 1.82) is 0 Å². The molecular weight excluding hydrogens is 215 g/mol. The molecule has 2 nitrogen and oxygen atoms in total. The second-order valence-electron chi connectivity index (χ2n) is 3.15. The number of hydrogen-bond acceptors (Lipinski definition) is 4. The minimum atomic E-state index is -1.38. The van der Waals surface area contributed by atoms with Gasteiger partial charge in [-0.2, -0.15) is 0 Å². The van der Waals surface area contributed by atoms with Gasteiger partial charge in [0.15, 0.2) is 0 Å². The molecule has 0 bridgehead atoms. The van der Waals surface area contributed by atoms with Crippen molar-refractivity contribution in [3.8, 4) is 0 Å². The topological polar surface area (TPSA) is 40.5 Å². The molecule has 0 fully saturated rings. The van der Waals surface area contributed by atoms with Crippen LogP contribution in [0.2, 0.25) is 0 Å². The molecule has 0 amide bonds. The summed E-state index contributed by atoms with van der Waals surface area (Å²) in [5, 5.41) is 19.3. The van der Waals surface area contributed by atoms with Crippen LogP contribution in [0.1, 0.15) is 5.56 Å². The highest BCUT2D eigenvalue weighted by molar-refractivity contribution is 7.80. The summed E-state index contributed by atoms with van der Waals surface area (Å²) in [7, 11) is -1.38. The zero-order chi connectivity index (χ0) is 10.3. The number of aryl methyl sites for hydroxylation is 1. The van der Waals surface area contributed by atoms with Gasteiger partial charge in [0.1, 0.15) is 0 Å². The summed E-state index contributed by atoms with van der Waals surface area (Å²) in [5.41, 5.74) is 0.938. The smallest absolute Gasteiger partial charge is 0.423 e. The van der Waals surface area contributed by atoms with Gasteiger partial charge in [-0.1, -0.05) is 6.07 Å². The standard InChI is InChI=1S/C9H9BO2S2/c1-5-7-3-2-6(13)4-8(7)14-9(5)10(11)12/h2-4,11-13H,1H3. The number of thiol groups is 1. The lowest BCUT2D eigenvalue weighted by molar-refractivity contribution is 0.426. The first-order valence-corrected chi connectivity index (χ1v) is 5.44. The van der Waals surface area contributed by atoms with Gasteiger partial charge in [0.05, 0.1) is 0 Å². The van der Waals surface area contributed by atoms with Crippen LogP contribution in [0.3, 0.4) is 0 Å².